The lowest BCUT2D eigenvalue weighted by molar-refractivity contribution is 0.0137. The number of hydrogen-bond acceptors (Lipinski definition) is 3. The summed E-state index contributed by atoms with van der Waals surface area (Å²) in [6.07, 6.45) is 5.36. The van der Waals surface area contributed by atoms with Crippen molar-refractivity contribution in [2.75, 3.05) is 13.2 Å². The Balaban J connectivity index is 1.88. The van der Waals surface area contributed by atoms with E-state index < -0.39 is 0 Å². The highest BCUT2D eigenvalue weighted by Crippen LogP contribution is 2.25. The van der Waals surface area contributed by atoms with Crippen molar-refractivity contribution in [3.8, 4) is 0 Å². The molecule has 3 heteroatoms. The molecular formula is C11H21NO2. The van der Waals surface area contributed by atoms with Crippen LogP contribution in [0.25, 0.3) is 0 Å². The normalized spacial score (nSPS) is 44.1. The summed E-state index contributed by atoms with van der Waals surface area (Å²) in [5.74, 6) is 0. The molecular weight excluding hydrogens is 178 g/mol. The number of rotatable bonds is 2. The van der Waals surface area contributed by atoms with Crippen LogP contribution in [0.1, 0.15) is 39.0 Å². The van der Waals surface area contributed by atoms with E-state index in [9.17, 15) is 5.11 Å². The lowest BCUT2D eigenvalue weighted by atomic mass is 9.93. The molecule has 0 radical (unpaired) electrons. The third kappa shape index (κ3) is 2.27. The fourth-order valence-corrected chi connectivity index (χ4v) is 2.60. The molecule has 1 unspecified atom stereocenters. The molecule has 1 aliphatic carbocycles. The van der Waals surface area contributed by atoms with Crippen molar-refractivity contribution in [1.82, 2.24) is 5.32 Å². The summed E-state index contributed by atoms with van der Waals surface area (Å²) in [5, 5.41) is 13.3. The summed E-state index contributed by atoms with van der Waals surface area (Å²) >= 11 is 0. The predicted molar refractivity (Wildman–Crippen MR) is 55.2 cm³/mol. The molecule has 2 N–H and O–H groups in total. The highest BCUT2D eigenvalue weighted by Gasteiger charge is 2.34. The van der Waals surface area contributed by atoms with Gasteiger partial charge in [0.2, 0.25) is 0 Å². The van der Waals surface area contributed by atoms with Gasteiger partial charge >= 0.3 is 0 Å². The average Bonchev–Trinajstić information content (AvgIpc) is 2.52. The van der Waals surface area contributed by atoms with E-state index in [1.54, 1.807) is 0 Å². The monoisotopic (exact) mass is 199 g/mol. The first-order valence-corrected chi connectivity index (χ1v) is 5.73. The molecule has 3 nitrogen and oxygen atoms in total. The van der Waals surface area contributed by atoms with Gasteiger partial charge in [0.25, 0.3) is 0 Å². The van der Waals surface area contributed by atoms with Crippen LogP contribution in [0.15, 0.2) is 0 Å². The first-order chi connectivity index (χ1) is 6.70. The maximum atomic E-state index is 9.73. The minimum Gasteiger partial charge on any atom is -0.392 e. The van der Waals surface area contributed by atoms with Crippen LogP contribution in [0.2, 0.25) is 0 Å². The van der Waals surface area contributed by atoms with Crippen LogP contribution in [0.5, 0.6) is 0 Å². The van der Waals surface area contributed by atoms with Gasteiger partial charge in [-0.05, 0) is 39.0 Å². The van der Waals surface area contributed by atoms with E-state index in [1.807, 2.05) is 0 Å². The molecule has 14 heavy (non-hydrogen) atoms. The van der Waals surface area contributed by atoms with Gasteiger partial charge in [0.1, 0.15) is 0 Å². The van der Waals surface area contributed by atoms with E-state index in [1.165, 1.54) is 0 Å². The molecule has 1 aliphatic heterocycles. The van der Waals surface area contributed by atoms with Gasteiger partial charge in [0.15, 0.2) is 0 Å². The Morgan fingerprint density at radius 1 is 1.36 bits per heavy atom. The predicted octanol–water partition coefficient (Wildman–Crippen LogP) is 1.06. The molecule has 1 saturated heterocycles. The van der Waals surface area contributed by atoms with Crippen LogP contribution in [0, 0.1) is 0 Å². The summed E-state index contributed by atoms with van der Waals surface area (Å²) < 4.78 is 5.49. The van der Waals surface area contributed by atoms with Gasteiger partial charge in [-0.2, -0.15) is 0 Å². The molecule has 1 saturated carbocycles. The van der Waals surface area contributed by atoms with E-state index in [4.69, 9.17) is 4.74 Å². The van der Waals surface area contributed by atoms with Crippen LogP contribution in [-0.2, 0) is 4.74 Å². The Morgan fingerprint density at radius 2 is 2.21 bits per heavy atom. The summed E-state index contributed by atoms with van der Waals surface area (Å²) in [6, 6.07) is 0.293. The zero-order valence-corrected chi connectivity index (χ0v) is 8.96. The molecule has 1 heterocycles. The van der Waals surface area contributed by atoms with Crippen LogP contribution < -0.4 is 5.32 Å². The number of hydrogen-bond donors (Lipinski definition) is 2. The molecule has 0 amide bonds. The molecule has 2 aliphatic rings. The third-order valence-corrected chi connectivity index (χ3v) is 3.45. The topological polar surface area (TPSA) is 41.5 Å². The molecule has 2 rings (SSSR count). The second-order valence-corrected chi connectivity index (χ2v) is 4.97. The molecule has 3 atom stereocenters. The van der Waals surface area contributed by atoms with Crippen molar-refractivity contribution in [2.45, 2.75) is 56.7 Å². The summed E-state index contributed by atoms with van der Waals surface area (Å²) in [4.78, 5) is 0. The summed E-state index contributed by atoms with van der Waals surface area (Å²) in [7, 11) is 0. The van der Waals surface area contributed by atoms with Crippen molar-refractivity contribution in [3.05, 3.63) is 0 Å². The fourth-order valence-electron chi connectivity index (χ4n) is 2.60. The van der Waals surface area contributed by atoms with E-state index in [-0.39, 0.29) is 11.6 Å². The molecule has 0 aromatic carbocycles. The quantitative estimate of drug-likeness (QED) is 0.698. The van der Waals surface area contributed by atoms with Crippen molar-refractivity contribution in [2.24, 2.45) is 0 Å². The molecule has 0 aromatic heterocycles. The van der Waals surface area contributed by atoms with E-state index in [2.05, 4.69) is 12.2 Å². The molecule has 2 fully saturated rings. The van der Waals surface area contributed by atoms with E-state index in [0.717, 1.165) is 45.3 Å². The highest BCUT2D eigenvalue weighted by atomic mass is 16.5. The van der Waals surface area contributed by atoms with Gasteiger partial charge in [-0.3, -0.25) is 0 Å². The lowest BCUT2D eigenvalue weighted by Gasteiger charge is -2.37. The van der Waals surface area contributed by atoms with Crippen molar-refractivity contribution in [3.63, 3.8) is 0 Å². The van der Waals surface area contributed by atoms with Gasteiger partial charge in [-0.15, -0.1) is 0 Å². The van der Waals surface area contributed by atoms with E-state index in [0.29, 0.717) is 6.04 Å². The summed E-state index contributed by atoms with van der Waals surface area (Å²) in [5.41, 5.74) is 0.0915. The van der Waals surface area contributed by atoms with Gasteiger partial charge in [0, 0.05) is 18.2 Å². The van der Waals surface area contributed by atoms with Crippen molar-refractivity contribution in [1.29, 1.82) is 0 Å². The molecule has 82 valence electrons. The third-order valence-electron chi connectivity index (χ3n) is 3.45. The van der Waals surface area contributed by atoms with Gasteiger partial charge < -0.3 is 15.2 Å². The Kier molecular flexibility index (Phi) is 3.10. The second kappa shape index (κ2) is 4.17. The Morgan fingerprint density at radius 3 is 2.79 bits per heavy atom. The second-order valence-electron chi connectivity index (χ2n) is 4.97. The van der Waals surface area contributed by atoms with Gasteiger partial charge in [0.05, 0.1) is 12.7 Å². The van der Waals surface area contributed by atoms with Crippen molar-refractivity contribution < 1.29 is 9.84 Å². The standard InChI is InChI=1S/C11H21NO2/c1-11(6-3-7-14-8-11)12-9-4-2-5-10(9)13/h9-10,12-13H,2-8H2,1H3/t9-,10-,11?/m0/s1. The highest BCUT2D eigenvalue weighted by molar-refractivity contribution is 4.93. The smallest absolute Gasteiger partial charge is 0.0693 e. The summed E-state index contributed by atoms with van der Waals surface area (Å²) in [6.45, 7) is 3.89. The molecule has 0 spiro atoms. The molecule has 0 aromatic rings. The number of aliphatic hydroxyl groups excluding tert-OH is 1. The number of nitrogens with one attached hydrogen (secondary N) is 1. The lowest BCUT2D eigenvalue weighted by Crippen LogP contribution is -2.55. The van der Waals surface area contributed by atoms with Gasteiger partial charge in [-0.25, -0.2) is 0 Å². The first-order valence-electron chi connectivity index (χ1n) is 5.73. The van der Waals surface area contributed by atoms with Crippen LogP contribution in [-0.4, -0.2) is 36.0 Å². The largest absolute Gasteiger partial charge is 0.392 e. The van der Waals surface area contributed by atoms with Crippen molar-refractivity contribution >= 4 is 0 Å². The fraction of sp³-hybridized carbons (Fsp3) is 1.00. The zero-order valence-electron chi connectivity index (χ0n) is 8.96. The first kappa shape index (κ1) is 10.4. The number of ether oxygens (including phenoxy) is 1. The Hall–Kier alpha value is -0.120. The zero-order chi connectivity index (χ0) is 10.0. The van der Waals surface area contributed by atoms with Crippen LogP contribution in [0.3, 0.4) is 0 Å². The van der Waals surface area contributed by atoms with Crippen LogP contribution >= 0.6 is 0 Å². The Labute approximate surface area is 85.8 Å². The Bertz CT molecular complexity index is 190. The van der Waals surface area contributed by atoms with E-state index >= 15 is 0 Å². The maximum absolute atomic E-state index is 9.73. The minimum absolute atomic E-state index is 0.0915. The number of aliphatic hydroxyl groups is 1. The average molecular weight is 199 g/mol. The SMILES string of the molecule is CC1(N[C@H]2CCC[C@@H]2O)CCCOC1. The van der Waals surface area contributed by atoms with Crippen LogP contribution in [0.4, 0.5) is 0 Å². The minimum atomic E-state index is -0.145. The van der Waals surface area contributed by atoms with Gasteiger partial charge in [-0.1, -0.05) is 0 Å². The molecule has 0 bridgehead atoms. The maximum Gasteiger partial charge on any atom is 0.0693 e.